The summed E-state index contributed by atoms with van der Waals surface area (Å²) in [6, 6.07) is 18.7. The van der Waals surface area contributed by atoms with E-state index in [4.69, 9.17) is 15.2 Å². The number of hydrogen-bond acceptors (Lipinski definition) is 5. The van der Waals surface area contributed by atoms with Gasteiger partial charge in [-0.15, -0.1) is 0 Å². The molecule has 2 heterocycles. The third kappa shape index (κ3) is 5.76. The molecule has 1 fully saturated rings. The van der Waals surface area contributed by atoms with Crippen LogP contribution >= 0.6 is 0 Å². The van der Waals surface area contributed by atoms with Gasteiger partial charge in [0.15, 0.2) is 11.6 Å². The molecule has 2 amide bonds. The van der Waals surface area contributed by atoms with Gasteiger partial charge in [-0.25, -0.2) is 13.8 Å². The highest BCUT2D eigenvalue weighted by molar-refractivity contribution is 6.01. The number of nitrogens with zero attached hydrogens (tertiary/aromatic N) is 2. The molecule has 1 aliphatic rings. The topological polar surface area (TPSA) is 111 Å². The Bertz CT molecular complexity index is 1820. The summed E-state index contributed by atoms with van der Waals surface area (Å²) in [7, 11) is 1.60. The van der Waals surface area contributed by atoms with E-state index >= 15 is 4.39 Å². The van der Waals surface area contributed by atoms with Crippen LogP contribution in [-0.2, 0) is 9.59 Å². The van der Waals surface area contributed by atoms with Crippen molar-refractivity contribution < 1.29 is 27.8 Å². The minimum absolute atomic E-state index is 0.0454. The van der Waals surface area contributed by atoms with E-state index in [1.807, 2.05) is 30.5 Å². The van der Waals surface area contributed by atoms with Crippen LogP contribution in [0, 0.1) is 17.0 Å². The summed E-state index contributed by atoms with van der Waals surface area (Å²) in [5.41, 5.74) is 7.77. The molecule has 3 N–H and O–H groups in total. The summed E-state index contributed by atoms with van der Waals surface area (Å²) in [6.07, 6.45) is 4.89. The zero-order valence-corrected chi connectivity index (χ0v) is 23.3. The number of ether oxygens (including phenoxy) is 2. The molecule has 5 aromatic rings. The Labute approximate surface area is 246 Å². The van der Waals surface area contributed by atoms with E-state index < -0.39 is 23.0 Å². The second-order valence-electron chi connectivity index (χ2n) is 10.7. The molecule has 1 saturated carbocycles. The maximum Gasteiger partial charge on any atom is 0.232 e. The number of halogens is 2. The predicted octanol–water partition coefficient (Wildman–Crippen LogP) is 7.02. The Morgan fingerprint density at radius 2 is 1.67 bits per heavy atom. The summed E-state index contributed by atoms with van der Waals surface area (Å²) >= 11 is 0. The van der Waals surface area contributed by atoms with Gasteiger partial charge in [0.05, 0.1) is 18.2 Å². The molecule has 0 aliphatic heterocycles. The molecule has 218 valence electrons. The summed E-state index contributed by atoms with van der Waals surface area (Å²) in [6.45, 7) is 0. The minimum Gasteiger partial charge on any atom is -0.497 e. The number of fused-ring (bicyclic) bond motifs is 1. The first-order valence-electron chi connectivity index (χ1n) is 13.7. The molecule has 0 bridgehead atoms. The number of rotatable bonds is 10. The second kappa shape index (κ2) is 11.2. The fourth-order valence-corrected chi connectivity index (χ4v) is 5.33. The number of nitrogens with one attached hydrogen (secondary N) is 1. The third-order valence-electron chi connectivity index (χ3n) is 7.70. The lowest BCUT2D eigenvalue weighted by atomic mass is 9.96. The fourth-order valence-electron chi connectivity index (χ4n) is 5.33. The number of benzene rings is 3. The zero-order valence-electron chi connectivity index (χ0n) is 23.3. The zero-order chi connectivity index (χ0) is 30.1. The number of pyridine rings is 1. The first kappa shape index (κ1) is 27.9. The fraction of sp³-hybridized carbons (Fsp3) is 0.182. The van der Waals surface area contributed by atoms with Crippen molar-refractivity contribution in [3.63, 3.8) is 0 Å². The van der Waals surface area contributed by atoms with Crippen LogP contribution in [0.1, 0.15) is 25.7 Å². The molecule has 0 spiro atoms. The standard InChI is InChI=1S/C33H28F2N4O4/c1-42-24-9-2-20(3-10-24)25-19-38-32-31(25)28(12-15-37-32)43-27-11-8-23(16-26(27)35)39(22-6-4-21(34)5-7-22)30(41)18-33(13-14-33)17-29(36)40/h2-12,15-16,19H,13-14,17-18H2,1H3,(H2,36,40)(H,37,38). The molecule has 0 radical (unpaired) electrons. The van der Waals surface area contributed by atoms with Crippen LogP contribution in [0.3, 0.4) is 0 Å². The van der Waals surface area contributed by atoms with E-state index in [9.17, 15) is 14.0 Å². The molecule has 8 nitrogen and oxygen atoms in total. The molecule has 1 aliphatic carbocycles. The lowest BCUT2D eigenvalue weighted by molar-refractivity contribution is -0.121. The number of carbonyl (C=O) groups excluding carboxylic acids is 2. The molecular weight excluding hydrogens is 554 g/mol. The van der Waals surface area contributed by atoms with Crippen LogP contribution in [0.5, 0.6) is 17.2 Å². The first-order valence-corrected chi connectivity index (χ1v) is 13.7. The smallest absolute Gasteiger partial charge is 0.232 e. The van der Waals surface area contributed by atoms with Crippen molar-refractivity contribution in [2.75, 3.05) is 12.0 Å². The number of methoxy groups -OCH3 is 1. The SMILES string of the molecule is COc1ccc(-c2c[nH]c3nccc(Oc4ccc(N(C(=O)CC5(CC(N)=O)CC5)c5ccc(F)cc5)cc4F)c23)cc1. The first-order chi connectivity index (χ1) is 20.7. The molecule has 3 aromatic carbocycles. The van der Waals surface area contributed by atoms with Crippen molar-refractivity contribution >= 4 is 34.2 Å². The third-order valence-corrected chi connectivity index (χ3v) is 7.70. The molecule has 43 heavy (non-hydrogen) atoms. The number of H-pyrrole nitrogens is 1. The summed E-state index contributed by atoms with van der Waals surface area (Å²) in [4.78, 5) is 34.0. The van der Waals surface area contributed by atoms with Gasteiger partial charge in [-0.3, -0.25) is 14.5 Å². The summed E-state index contributed by atoms with van der Waals surface area (Å²) in [5, 5.41) is 0.670. The predicted molar refractivity (Wildman–Crippen MR) is 158 cm³/mol. The molecule has 0 saturated heterocycles. The van der Waals surface area contributed by atoms with Gasteiger partial charge in [-0.1, -0.05) is 12.1 Å². The summed E-state index contributed by atoms with van der Waals surface area (Å²) in [5.74, 6) is -0.967. The van der Waals surface area contributed by atoms with Crippen molar-refractivity contribution in [3.05, 3.63) is 96.8 Å². The number of amides is 2. The lowest BCUT2D eigenvalue weighted by Crippen LogP contribution is -2.30. The van der Waals surface area contributed by atoms with E-state index in [1.54, 1.807) is 25.4 Å². The van der Waals surface area contributed by atoms with Gasteiger partial charge in [0.2, 0.25) is 11.8 Å². The van der Waals surface area contributed by atoms with Crippen LogP contribution in [0.15, 0.2) is 85.2 Å². The number of primary amides is 1. The Balaban J connectivity index is 1.32. The van der Waals surface area contributed by atoms with Crippen LogP contribution in [0.4, 0.5) is 20.2 Å². The van der Waals surface area contributed by atoms with Gasteiger partial charge in [-0.05, 0) is 78.4 Å². The highest BCUT2D eigenvalue weighted by Gasteiger charge is 2.46. The number of carbonyl (C=O) groups is 2. The van der Waals surface area contributed by atoms with Crippen molar-refractivity contribution in [1.82, 2.24) is 9.97 Å². The Morgan fingerprint density at radius 3 is 2.33 bits per heavy atom. The van der Waals surface area contributed by atoms with Crippen LogP contribution in [0.2, 0.25) is 0 Å². The van der Waals surface area contributed by atoms with Gasteiger partial charge in [0, 0.05) is 42.6 Å². The molecule has 0 unspecified atom stereocenters. The van der Waals surface area contributed by atoms with Crippen molar-refractivity contribution in [2.24, 2.45) is 11.1 Å². The van der Waals surface area contributed by atoms with Gasteiger partial charge in [0.25, 0.3) is 0 Å². The normalized spacial score (nSPS) is 13.5. The van der Waals surface area contributed by atoms with E-state index in [1.165, 1.54) is 41.3 Å². The van der Waals surface area contributed by atoms with Gasteiger partial charge in [-0.2, -0.15) is 0 Å². The van der Waals surface area contributed by atoms with E-state index in [-0.39, 0.29) is 30.2 Å². The van der Waals surface area contributed by atoms with Crippen LogP contribution < -0.4 is 20.1 Å². The molecule has 10 heteroatoms. The Kier molecular flexibility index (Phi) is 7.27. The van der Waals surface area contributed by atoms with Crippen molar-refractivity contribution in [1.29, 1.82) is 0 Å². The molecule has 0 atom stereocenters. The Morgan fingerprint density at radius 1 is 0.953 bits per heavy atom. The maximum atomic E-state index is 15.7. The van der Waals surface area contributed by atoms with Crippen LogP contribution in [-0.4, -0.2) is 28.9 Å². The van der Waals surface area contributed by atoms with E-state index in [2.05, 4.69) is 9.97 Å². The minimum atomic E-state index is -0.706. The van der Waals surface area contributed by atoms with Gasteiger partial charge >= 0.3 is 0 Å². The number of anilines is 2. The Hall–Kier alpha value is -5.25. The van der Waals surface area contributed by atoms with E-state index in [0.29, 0.717) is 41.1 Å². The lowest BCUT2D eigenvalue weighted by Gasteiger charge is -2.25. The number of nitrogens with two attached hydrogens (primary N) is 1. The van der Waals surface area contributed by atoms with Gasteiger partial charge in [0.1, 0.15) is 23.0 Å². The van der Waals surface area contributed by atoms with Crippen LogP contribution in [0.25, 0.3) is 22.2 Å². The number of aromatic nitrogens is 2. The quantitative estimate of drug-likeness (QED) is 0.184. The second-order valence-corrected chi connectivity index (χ2v) is 10.7. The maximum absolute atomic E-state index is 15.7. The average Bonchev–Trinajstić information content (AvgIpc) is 3.58. The number of aromatic amines is 1. The van der Waals surface area contributed by atoms with E-state index in [0.717, 1.165) is 11.1 Å². The molecular formula is C33H28F2N4O4. The van der Waals surface area contributed by atoms with Crippen molar-refractivity contribution in [3.8, 4) is 28.4 Å². The highest BCUT2D eigenvalue weighted by Crippen LogP contribution is 2.52. The molecule has 2 aromatic heterocycles. The highest BCUT2D eigenvalue weighted by atomic mass is 19.1. The molecule has 6 rings (SSSR count). The van der Waals surface area contributed by atoms with Gasteiger partial charge < -0.3 is 20.2 Å². The summed E-state index contributed by atoms with van der Waals surface area (Å²) < 4.78 is 40.7. The monoisotopic (exact) mass is 582 g/mol. The largest absolute Gasteiger partial charge is 0.497 e. The average molecular weight is 583 g/mol. The van der Waals surface area contributed by atoms with Crippen molar-refractivity contribution in [2.45, 2.75) is 25.7 Å². The number of hydrogen-bond donors (Lipinski definition) is 2.